The van der Waals surface area contributed by atoms with Crippen LogP contribution in [0.15, 0.2) is 67.6 Å². The fraction of sp³-hybridized carbons (Fsp3) is 0. The molecule has 2 aromatic heterocycles. The molecule has 7 heteroatoms. The summed E-state index contributed by atoms with van der Waals surface area (Å²) in [5.41, 5.74) is 1.23. The van der Waals surface area contributed by atoms with E-state index < -0.39 is 5.63 Å². The van der Waals surface area contributed by atoms with Gasteiger partial charge in [-0.1, -0.05) is 28.1 Å². The molecule has 0 aliphatic carbocycles. The van der Waals surface area contributed by atoms with Crippen molar-refractivity contribution in [2.45, 2.75) is 0 Å². The number of aromatic nitrogens is 1. The summed E-state index contributed by atoms with van der Waals surface area (Å²) >= 11 is 4.69. The van der Waals surface area contributed by atoms with Crippen LogP contribution < -0.4 is 10.9 Å². The fourth-order valence-corrected chi connectivity index (χ4v) is 3.51. The van der Waals surface area contributed by atoms with E-state index in [0.29, 0.717) is 27.7 Å². The van der Waals surface area contributed by atoms with Gasteiger partial charge in [0, 0.05) is 15.2 Å². The lowest BCUT2D eigenvalue weighted by molar-refractivity contribution is 0.563. The number of thiazole rings is 1. The van der Waals surface area contributed by atoms with Gasteiger partial charge >= 0.3 is 5.63 Å². The van der Waals surface area contributed by atoms with Crippen molar-refractivity contribution in [1.29, 1.82) is 0 Å². The smallest absolute Gasteiger partial charge is 0.345 e. The van der Waals surface area contributed by atoms with Gasteiger partial charge in [0.25, 0.3) is 0 Å². The molecule has 0 aliphatic heterocycles. The van der Waals surface area contributed by atoms with Crippen molar-refractivity contribution < 1.29 is 8.81 Å². The van der Waals surface area contributed by atoms with E-state index >= 15 is 0 Å². The van der Waals surface area contributed by atoms with Crippen LogP contribution in [0.1, 0.15) is 0 Å². The highest BCUT2D eigenvalue weighted by Crippen LogP contribution is 2.28. The zero-order valence-corrected chi connectivity index (χ0v) is 15.0. The van der Waals surface area contributed by atoms with E-state index in [1.54, 1.807) is 35.7 Å². The topological polar surface area (TPSA) is 55.1 Å². The number of anilines is 2. The largest absolute Gasteiger partial charge is 0.422 e. The zero-order chi connectivity index (χ0) is 17.4. The first-order chi connectivity index (χ1) is 12.1. The Labute approximate surface area is 154 Å². The third-order valence-electron chi connectivity index (χ3n) is 3.59. The van der Waals surface area contributed by atoms with Gasteiger partial charge in [0.15, 0.2) is 5.13 Å². The fourth-order valence-electron chi connectivity index (χ4n) is 2.41. The number of halogens is 2. The molecule has 2 aromatic carbocycles. The van der Waals surface area contributed by atoms with E-state index in [1.807, 2.05) is 12.1 Å². The molecule has 25 heavy (non-hydrogen) atoms. The van der Waals surface area contributed by atoms with Gasteiger partial charge in [0.05, 0.1) is 16.9 Å². The van der Waals surface area contributed by atoms with E-state index in [9.17, 15) is 9.18 Å². The lowest BCUT2D eigenvalue weighted by Crippen LogP contribution is -2.03. The standard InChI is InChI=1S/C18H10BrFN2O2S/c19-11-5-6-16-10(7-11)8-12(17(23)24-16)15-9-25-18(22-15)21-14-4-2-1-3-13(14)20/h1-9H,(H,21,22). The van der Waals surface area contributed by atoms with E-state index in [-0.39, 0.29) is 5.82 Å². The van der Waals surface area contributed by atoms with Crippen LogP contribution in [0.4, 0.5) is 15.2 Å². The summed E-state index contributed by atoms with van der Waals surface area (Å²) in [6.07, 6.45) is 0. The van der Waals surface area contributed by atoms with Crippen LogP contribution in [0.2, 0.25) is 0 Å². The number of rotatable bonds is 3. The minimum Gasteiger partial charge on any atom is -0.422 e. The van der Waals surface area contributed by atoms with Crippen molar-refractivity contribution in [3.63, 3.8) is 0 Å². The van der Waals surface area contributed by atoms with E-state index in [2.05, 4.69) is 26.2 Å². The van der Waals surface area contributed by atoms with Gasteiger partial charge in [-0.2, -0.15) is 0 Å². The quantitative estimate of drug-likeness (QED) is 0.444. The van der Waals surface area contributed by atoms with Crippen LogP contribution in [0.25, 0.3) is 22.2 Å². The van der Waals surface area contributed by atoms with Crippen LogP contribution in [0, 0.1) is 5.82 Å². The molecule has 0 saturated carbocycles. The number of benzene rings is 2. The first kappa shape index (κ1) is 16.0. The Morgan fingerprint density at radius 3 is 2.84 bits per heavy atom. The molecule has 4 rings (SSSR count). The summed E-state index contributed by atoms with van der Waals surface area (Å²) in [5.74, 6) is -0.366. The van der Waals surface area contributed by atoms with Gasteiger partial charge < -0.3 is 9.73 Å². The summed E-state index contributed by atoms with van der Waals surface area (Å²) in [5, 5.41) is 5.94. The van der Waals surface area contributed by atoms with Crippen LogP contribution in [-0.4, -0.2) is 4.98 Å². The number of hydrogen-bond acceptors (Lipinski definition) is 5. The molecule has 0 radical (unpaired) electrons. The normalized spacial score (nSPS) is 11.0. The minimum absolute atomic E-state index is 0.331. The molecule has 0 unspecified atom stereocenters. The van der Waals surface area contributed by atoms with E-state index in [1.165, 1.54) is 17.4 Å². The molecule has 0 amide bonds. The lowest BCUT2D eigenvalue weighted by Gasteiger charge is -2.03. The molecular formula is C18H10BrFN2O2S. The van der Waals surface area contributed by atoms with Gasteiger partial charge in [-0.05, 0) is 36.4 Å². The predicted octanol–water partition coefficient (Wildman–Crippen LogP) is 5.56. The summed E-state index contributed by atoms with van der Waals surface area (Å²) in [6, 6.07) is 13.5. The zero-order valence-electron chi connectivity index (χ0n) is 12.6. The highest BCUT2D eigenvalue weighted by molar-refractivity contribution is 9.10. The minimum atomic E-state index is -0.461. The highest BCUT2D eigenvalue weighted by atomic mass is 79.9. The monoisotopic (exact) mass is 416 g/mol. The second kappa shape index (κ2) is 6.42. The molecule has 0 aliphatic rings. The first-order valence-corrected chi connectivity index (χ1v) is 8.98. The Kier molecular flexibility index (Phi) is 4.10. The van der Waals surface area contributed by atoms with Gasteiger partial charge in [0.1, 0.15) is 11.4 Å². The number of nitrogens with one attached hydrogen (secondary N) is 1. The van der Waals surface area contributed by atoms with Crippen molar-refractivity contribution in [3.8, 4) is 11.3 Å². The van der Waals surface area contributed by atoms with Crippen LogP contribution in [0.5, 0.6) is 0 Å². The Morgan fingerprint density at radius 1 is 1.16 bits per heavy atom. The Hall–Kier alpha value is -2.51. The van der Waals surface area contributed by atoms with Gasteiger partial charge in [-0.3, -0.25) is 0 Å². The van der Waals surface area contributed by atoms with E-state index in [0.717, 1.165) is 9.86 Å². The Morgan fingerprint density at radius 2 is 2.00 bits per heavy atom. The summed E-state index contributed by atoms with van der Waals surface area (Å²) in [4.78, 5) is 16.6. The van der Waals surface area contributed by atoms with Gasteiger partial charge in [-0.15, -0.1) is 11.3 Å². The van der Waals surface area contributed by atoms with Crippen LogP contribution in [0.3, 0.4) is 0 Å². The maximum absolute atomic E-state index is 13.7. The SMILES string of the molecule is O=c1oc2ccc(Br)cc2cc1-c1csc(Nc2ccccc2F)n1. The molecule has 4 nitrogen and oxygen atoms in total. The number of nitrogens with zero attached hydrogens (tertiary/aromatic N) is 1. The molecule has 124 valence electrons. The summed E-state index contributed by atoms with van der Waals surface area (Å²) < 4.78 is 20.0. The third kappa shape index (κ3) is 3.20. The Balaban J connectivity index is 1.72. The van der Waals surface area contributed by atoms with Crippen molar-refractivity contribution in [2.24, 2.45) is 0 Å². The molecule has 1 N–H and O–H groups in total. The average molecular weight is 417 g/mol. The molecule has 0 saturated heterocycles. The average Bonchev–Trinajstić information content (AvgIpc) is 3.05. The summed E-state index contributed by atoms with van der Waals surface area (Å²) in [7, 11) is 0. The number of para-hydroxylation sites is 1. The number of hydrogen-bond donors (Lipinski definition) is 1. The molecule has 0 atom stereocenters. The van der Waals surface area contributed by atoms with E-state index in [4.69, 9.17) is 4.42 Å². The molecule has 0 spiro atoms. The second-order valence-electron chi connectivity index (χ2n) is 5.27. The molecule has 2 heterocycles. The van der Waals surface area contributed by atoms with Crippen molar-refractivity contribution in [2.75, 3.05) is 5.32 Å². The van der Waals surface area contributed by atoms with Crippen molar-refractivity contribution in [1.82, 2.24) is 4.98 Å². The summed E-state index contributed by atoms with van der Waals surface area (Å²) in [6.45, 7) is 0. The van der Waals surface area contributed by atoms with Crippen LogP contribution >= 0.6 is 27.3 Å². The van der Waals surface area contributed by atoms with Crippen molar-refractivity contribution >= 4 is 49.1 Å². The van der Waals surface area contributed by atoms with Gasteiger partial charge in [0.2, 0.25) is 0 Å². The second-order valence-corrected chi connectivity index (χ2v) is 7.05. The van der Waals surface area contributed by atoms with Gasteiger partial charge in [-0.25, -0.2) is 14.2 Å². The molecule has 4 aromatic rings. The maximum atomic E-state index is 13.7. The lowest BCUT2D eigenvalue weighted by atomic mass is 10.1. The molecular weight excluding hydrogens is 407 g/mol. The first-order valence-electron chi connectivity index (χ1n) is 7.31. The number of fused-ring (bicyclic) bond motifs is 1. The molecule has 0 bridgehead atoms. The predicted molar refractivity (Wildman–Crippen MR) is 101 cm³/mol. The highest BCUT2D eigenvalue weighted by Gasteiger charge is 2.12. The van der Waals surface area contributed by atoms with Crippen LogP contribution in [-0.2, 0) is 0 Å². The third-order valence-corrected chi connectivity index (χ3v) is 4.84. The Bertz CT molecular complexity index is 1140. The van der Waals surface area contributed by atoms with Crippen molar-refractivity contribution in [3.05, 3.63) is 74.6 Å². The molecule has 0 fully saturated rings. The maximum Gasteiger partial charge on any atom is 0.345 e.